The first-order valence-electron chi connectivity index (χ1n) is 10.1. The second-order valence-electron chi connectivity index (χ2n) is 7.52. The third-order valence-electron chi connectivity index (χ3n) is 5.47. The van der Waals surface area contributed by atoms with E-state index in [0.29, 0.717) is 6.04 Å². The van der Waals surface area contributed by atoms with E-state index in [2.05, 4.69) is 97.7 Å². The van der Waals surface area contributed by atoms with E-state index in [1.165, 1.54) is 33.2 Å². The molecule has 2 aromatic carbocycles. The third kappa shape index (κ3) is 4.09. The van der Waals surface area contributed by atoms with E-state index >= 15 is 0 Å². The predicted molar refractivity (Wildman–Crippen MR) is 122 cm³/mol. The van der Waals surface area contributed by atoms with Crippen LogP contribution < -0.4 is 5.32 Å². The first-order valence-corrected chi connectivity index (χ1v) is 10.1. The number of rotatable bonds is 5. The molecule has 0 aromatic heterocycles. The predicted octanol–water partition coefficient (Wildman–Crippen LogP) is 6.88. The molecule has 4 rings (SSSR count). The Morgan fingerprint density at radius 2 is 1.96 bits per heavy atom. The second-order valence-corrected chi connectivity index (χ2v) is 7.52. The van der Waals surface area contributed by atoms with Crippen molar-refractivity contribution in [2.75, 3.05) is 0 Å². The molecule has 0 heterocycles. The first kappa shape index (κ1) is 18.3. The van der Waals surface area contributed by atoms with Crippen LogP contribution in [-0.2, 0) is 0 Å². The standard InChI is InChI=1S/C27H27N/c1-3-21(26-15-14-22-8-4-6-10-24(22)18-26)13-12-20(2)28-27-17-16-23-9-5-7-11-25(23)19-27/h3-6,8-10,12-16,18-19,27-28H,1,7,11,17H2,2H3/b20-12+,21-13+. The molecule has 2 aliphatic rings. The highest BCUT2D eigenvalue weighted by atomic mass is 14.9. The fraction of sp³-hybridized carbons (Fsp3) is 0.185. The zero-order chi connectivity index (χ0) is 19.3. The summed E-state index contributed by atoms with van der Waals surface area (Å²) in [6, 6.07) is 15.4. The molecule has 0 spiro atoms. The fourth-order valence-corrected chi connectivity index (χ4v) is 3.95. The molecule has 0 aliphatic heterocycles. The van der Waals surface area contributed by atoms with Gasteiger partial charge in [0, 0.05) is 11.7 Å². The lowest BCUT2D eigenvalue weighted by molar-refractivity contribution is 0.660. The van der Waals surface area contributed by atoms with E-state index in [4.69, 9.17) is 0 Å². The molecule has 2 aliphatic carbocycles. The van der Waals surface area contributed by atoms with Gasteiger partial charge in [0.1, 0.15) is 0 Å². The van der Waals surface area contributed by atoms with Crippen LogP contribution in [0, 0.1) is 0 Å². The maximum absolute atomic E-state index is 4.01. The van der Waals surface area contributed by atoms with Crippen molar-refractivity contribution in [3.63, 3.8) is 0 Å². The molecule has 0 fully saturated rings. The average Bonchev–Trinajstić information content (AvgIpc) is 2.74. The molecule has 28 heavy (non-hydrogen) atoms. The van der Waals surface area contributed by atoms with Gasteiger partial charge >= 0.3 is 0 Å². The zero-order valence-corrected chi connectivity index (χ0v) is 16.5. The maximum atomic E-state index is 4.01. The van der Waals surface area contributed by atoms with Gasteiger partial charge in [0.05, 0.1) is 0 Å². The number of nitrogens with one attached hydrogen (secondary N) is 1. The topological polar surface area (TPSA) is 12.0 Å². The summed E-state index contributed by atoms with van der Waals surface area (Å²) in [5.74, 6) is 0. The van der Waals surface area contributed by atoms with Crippen LogP contribution in [0.15, 0.2) is 108 Å². The second kappa shape index (κ2) is 8.31. The zero-order valence-electron chi connectivity index (χ0n) is 16.5. The van der Waals surface area contributed by atoms with E-state index in [1.54, 1.807) is 0 Å². The molecule has 1 N–H and O–H groups in total. The summed E-state index contributed by atoms with van der Waals surface area (Å²) in [6.07, 6.45) is 18.9. The Morgan fingerprint density at radius 1 is 1.11 bits per heavy atom. The molecular weight excluding hydrogens is 338 g/mol. The summed E-state index contributed by atoms with van der Waals surface area (Å²) in [5.41, 5.74) is 6.39. The highest BCUT2D eigenvalue weighted by molar-refractivity contribution is 5.88. The lowest BCUT2D eigenvalue weighted by atomic mass is 9.88. The summed E-state index contributed by atoms with van der Waals surface area (Å²) in [4.78, 5) is 0. The average molecular weight is 366 g/mol. The van der Waals surface area contributed by atoms with Crippen LogP contribution in [-0.4, -0.2) is 6.04 Å². The molecule has 1 atom stereocenters. The summed E-state index contributed by atoms with van der Waals surface area (Å²) < 4.78 is 0. The lowest BCUT2D eigenvalue weighted by Gasteiger charge is -2.24. The van der Waals surface area contributed by atoms with Gasteiger partial charge in [0.2, 0.25) is 0 Å². The molecule has 0 saturated carbocycles. The quantitative estimate of drug-likeness (QED) is 0.570. The van der Waals surface area contributed by atoms with Crippen LogP contribution in [0.4, 0.5) is 0 Å². The summed E-state index contributed by atoms with van der Waals surface area (Å²) in [7, 11) is 0. The summed E-state index contributed by atoms with van der Waals surface area (Å²) in [6.45, 7) is 6.15. The molecule has 0 saturated heterocycles. The Kier molecular flexibility index (Phi) is 5.43. The van der Waals surface area contributed by atoms with Gasteiger partial charge in [-0.15, -0.1) is 0 Å². The number of hydrogen-bond acceptors (Lipinski definition) is 1. The molecule has 1 heteroatoms. The lowest BCUT2D eigenvalue weighted by Crippen LogP contribution is -2.27. The Hall–Kier alpha value is -3.06. The number of benzene rings is 2. The van der Waals surface area contributed by atoms with Crippen LogP contribution in [0.3, 0.4) is 0 Å². The highest BCUT2D eigenvalue weighted by Gasteiger charge is 2.15. The van der Waals surface area contributed by atoms with E-state index in [-0.39, 0.29) is 0 Å². The van der Waals surface area contributed by atoms with Gasteiger partial charge in [-0.3, -0.25) is 0 Å². The van der Waals surface area contributed by atoms with Crippen LogP contribution in [0.1, 0.15) is 31.7 Å². The Morgan fingerprint density at radius 3 is 2.82 bits per heavy atom. The van der Waals surface area contributed by atoms with Gasteiger partial charge in [-0.25, -0.2) is 0 Å². The smallest absolute Gasteiger partial charge is 0.0482 e. The molecule has 0 bridgehead atoms. The Bertz CT molecular complexity index is 1040. The minimum atomic E-state index is 0.378. The molecule has 1 nitrogen and oxygen atoms in total. The molecule has 140 valence electrons. The van der Waals surface area contributed by atoms with Gasteiger partial charge in [0.15, 0.2) is 0 Å². The van der Waals surface area contributed by atoms with Crippen molar-refractivity contribution in [1.29, 1.82) is 0 Å². The van der Waals surface area contributed by atoms with Crippen molar-refractivity contribution in [2.24, 2.45) is 0 Å². The highest BCUT2D eigenvalue weighted by Crippen LogP contribution is 2.28. The minimum Gasteiger partial charge on any atom is -0.382 e. The van der Waals surface area contributed by atoms with E-state index in [9.17, 15) is 0 Å². The van der Waals surface area contributed by atoms with E-state index in [1.807, 2.05) is 6.08 Å². The largest absolute Gasteiger partial charge is 0.382 e. The van der Waals surface area contributed by atoms with Crippen LogP contribution in [0.25, 0.3) is 16.3 Å². The van der Waals surface area contributed by atoms with Crippen molar-refractivity contribution in [3.8, 4) is 0 Å². The fourth-order valence-electron chi connectivity index (χ4n) is 3.95. The monoisotopic (exact) mass is 365 g/mol. The maximum Gasteiger partial charge on any atom is 0.0482 e. The van der Waals surface area contributed by atoms with Crippen LogP contribution >= 0.6 is 0 Å². The van der Waals surface area contributed by atoms with E-state index in [0.717, 1.165) is 24.8 Å². The molecule has 2 aromatic rings. The number of fused-ring (bicyclic) bond motifs is 2. The van der Waals surface area contributed by atoms with E-state index < -0.39 is 0 Å². The Balaban J connectivity index is 1.49. The van der Waals surface area contributed by atoms with Gasteiger partial charge in [-0.2, -0.15) is 0 Å². The van der Waals surface area contributed by atoms with Crippen molar-refractivity contribution in [3.05, 3.63) is 114 Å². The van der Waals surface area contributed by atoms with Crippen LogP contribution in [0.2, 0.25) is 0 Å². The molecule has 0 radical (unpaired) electrons. The van der Waals surface area contributed by atoms with Crippen LogP contribution in [0.5, 0.6) is 0 Å². The number of hydrogen-bond donors (Lipinski definition) is 1. The van der Waals surface area contributed by atoms with Gasteiger partial charge in [-0.05, 0) is 71.4 Å². The van der Waals surface area contributed by atoms with Crippen molar-refractivity contribution >= 4 is 16.3 Å². The molecule has 0 amide bonds. The number of allylic oxidation sites excluding steroid dienone is 9. The minimum absolute atomic E-state index is 0.378. The van der Waals surface area contributed by atoms with Crippen molar-refractivity contribution in [1.82, 2.24) is 5.32 Å². The molecular formula is C27H27N. The summed E-state index contributed by atoms with van der Waals surface area (Å²) in [5, 5.41) is 6.17. The third-order valence-corrected chi connectivity index (χ3v) is 5.47. The molecule has 1 unspecified atom stereocenters. The van der Waals surface area contributed by atoms with Gasteiger partial charge in [0.25, 0.3) is 0 Å². The van der Waals surface area contributed by atoms with Crippen molar-refractivity contribution < 1.29 is 0 Å². The summed E-state index contributed by atoms with van der Waals surface area (Å²) >= 11 is 0. The normalized spacial score (nSPS) is 19.7. The van der Waals surface area contributed by atoms with Crippen molar-refractivity contribution in [2.45, 2.75) is 32.2 Å². The van der Waals surface area contributed by atoms with Gasteiger partial charge in [-0.1, -0.05) is 79.4 Å². The first-order chi connectivity index (χ1) is 13.7. The Labute approximate surface area is 168 Å². The van der Waals surface area contributed by atoms with Gasteiger partial charge < -0.3 is 5.32 Å². The SMILES string of the molecule is C=C/C(=C\C=C(/C)NC1C=C2CCC=CC2=CC1)c1ccc2ccccc2c1.